The zero-order valence-electron chi connectivity index (χ0n) is 8.30. The molecule has 74 valence electrons. The standard InChI is InChI=1S/C9H21NO2/c1-8(11)5-4-6-10-7-9(2,3)12/h8,10-12H,4-7H2,1-3H3. The summed E-state index contributed by atoms with van der Waals surface area (Å²) < 4.78 is 0. The Morgan fingerprint density at radius 2 is 2.00 bits per heavy atom. The Balaban J connectivity index is 3.12. The second kappa shape index (κ2) is 5.51. The third-order valence-electron chi connectivity index (χ3n) is 1.53. The molecule has 0 saturated carbocycles. The van der Waals surface area contributed by atoms with Gasteiger partial charge >= 0.3 is 0 Å². The summed E-state index contributed by atoms with van der Waals surface area (Å²) in [6, 6.07) is 0. The van der Waals surface area contributed by atoms with Crippen LogP contribution in [0.4, 0.5) is 0 Å². The zero-order valence-corrected chi connectivity index (χ0v) is 8.30. The molecular weight excluding hydrogens is 154 g/mol. The van der Waals surface area contributed by atoms with E-state index in [2.05, 4.69) is 5.32 Å². The van der Waals surface area contributed by atoms with Gasteiger partial charge in [-0.25, -0.2) is 0 Å². The molecule has 0 aliphatic rings. The van der Waals surface area contributed by atoms with Crippen LogP contribution in [0.2, 0.25) is 0 Å². The van der Waals surface area contributed by atoms with E-state index in [4.69, 9.17) is 5.11 Å². The van der Waals surface area contributed by atoms with Crippen LogP contribution in [0.3, 0.4) is 0 Å². The molecule has 12 heavy (non-hydrogen) atoms. The summed E-state index contributed by atoms with van der Waals surface area (Å²) in [5, 5.41) is 21.4. The Labute approximate surface area is 74.8 Å². The Morgan fingerprint density at radius 1 is 1.42 bits per heavy atom. The van der Waals surface area contributed by atoms with E-state index >= 15 is 0 Å². The molecule has 3 nitrogen and oxygen atoms in total. The average Bonchev–Trinajstić information content (AvgIpc) is 1.83. The quantitative estimate of drug-likeness (QED) is 0.515. The van der Waals surface area contributed by atoms with Gasteiger partial charge in [-0.05, 0) is 40.2 Å². The molecule has 1 unspecified atom stereocenters. The van der Waals surface area contributed by atoms with Gasteiger partial charge in [0.15, 0.2) is 0 Å². The molecule has 0 radical (unpaired) electrons. The van der Waals surface area contributed by atoms with Crippen molar-refractivity contribution < 1.29 is 10.2 Å². The lowest BCUT2D eigenvalue weighted by Gasteiger charge is -2.17. The second-order valence-electron chi connectivity index (χ2n) is 3.98. The highest BCUT2D eigenvalue weighted by molar-refractivity contribution is 4.68. The second-order valence-corrected chi connectivity index (χ2v) is 3.98. The highest BCUT2D eigenvalue weighted by atomic mass is 16.3. The highest BCUT2D eigenvalue weighted by Gasteiger charge is 2.10. The highest BCUT2D eigenvalue weighted by Crippen LogP contribution is 1.98. The van der Waals surface area contributed by atoms with Crippen LogP contribution in [0.5, 0.6) is 0 Å². The molecule has 0 saturated heterocycles. The number of rotatable bonds is 6. The van der Waals surface area contributed by atoms with E-state index in [1.54, 1.807) is 20.8 Å². The first kappa shape index (κ1) is 11.9. The van der Waals surface area contributed by atoms with Gasteiger partial charge < -0.3 is 15.5 Å². The first-order valence-electron chi connectivity index (χ1n) is 4.53. The molecule has 0 rings (SSSR count). The van der Waals surface area contributed by atoms with E-state index in [-0.39, 0.29) is 6.10 Å². The van der Waals surface area contributed by atoms with Gasteiger partial charge in [-0.1, -0.05) is 0 Å². The molecule has 0 aliphatic heterocycles. The zero-order chi connectivity index (χ0) is 9.61. The molecule has 3 heteroatoms. The Morgan fingerprint density at radius 3 is 2.42 bits per heavy atom. The molecule has 0 amide bonds. The van der Waals surface area contributed by atoms with E-state index in [0.29, 0.717) is 6.54 Å². The van der Waals surface area contributed by atoms with Crippen LogP contribution in [0.1, 0.15) is 33.6 Å². The van der Waals surface area contributed by atoms with Gasteiger partial charge in [-0.3, -0.25) is 0 Å². The first-order valence-corrected chi connectivity index (χ1v) is 4.53. The fourth-order valence-corrected chi connectivity index (χ4v) is 0.917. The summed E-state index contributed by atoms with van der Waals surface area (Å²) in [6.45, 7) is 6.79. The van der Waals surface area contributed by atoms with E-state index in [0.717, 1.165) is 19.4 Å². The largest absolute Gasteiger partial charge is 0.393 e. The van der Waals surface area contributed by atoms with Crippen LogP contribution in [0.15, 0.2) is 0 Å². The fourth-order valence-electron chi connectivity index (χ4n) is 0.917. The molecule has 1 atom stereocenters. The van der Waals surface area contributed by atoms with Gasteiger partial charge in [-0.2, -0.15) is 0 Å². The molecule has 0 aromatic rings. The average molecular weight is 175 g/mol. The molecule has 0 aromatic carbocycles. The maximum Gasteiger partial charge on any atom is 0.0715 e. The fraction of sp³-hybridized carbons (Fsp3) is 1.00. The Bertz CT molecular complexity index is 108. The van der Waals surface area contributed by atoms with E-state index < -0.39 is 5.60 Å². The van der Waals surface area contributed by atoms with E-state index in [1.165, 1.54) is 0 Å². The third-order valence-corrected chi connectivity index (χ3v) is 1.53. The number of aliphatic hydroxyl groups excluding tert-OH is 1. The van der Waals surface area contributed by atoms with Crippen molar-refractivity contribution in [1.82, 2.24) is 5.32 Å². The Hall–Kier alpha value is -0.120. The van der Waals surface area contributed by atoms with Gasteiger partial charge in [-0.15, -0.1) is 0 Å². The SMILES string of the molecule is CC(O)CCCNCC(C)(C)O. The number of hydrogen-bond acceptors (Lipinski definition) is 3. The summed E-state index contributed by atoms with van der Waals surface area (Å²) in [4.78, 5) is 0. The summed E-state index contributed by atoms with van der Waals surface area (Å²) in [7, 11) is 0. The molecule has 0 bridgehead atoms. The minimum Gasteiger partial charge on any atom is -0.393 e. The van der Waals surface area contributed by atoms with Crippen LogP contribution >= 0.6 is 0 Å². The lowest BCUT2D eigenvalue weighted by molar-refractivity contribution is 0.0795. The van der Waals surface area contributed by atoms with Crippen molar-refractivity contribution in [3.05, 3.63) is 0 Å². The van der Waals surface area contributed by atoms with Crippen molar-refractivity contribution in [3.8, 4) is 0 Å². The van der Waals surface area contributed by atoms with Crippen LogP contribution < -0.4 is 5.32 Å². The van der Waals surface area contributed by atoms with Crippen molar-refractivity contribution in [1.29, 1.82) is 0 Å². The lowest BCUT2D eigenvalue weighted by Crippen LogP contribution is -2.35. The first-order chi connectivity index (χ1) is 5.42. The van der Waals surface area contributed by atoms with Gasteiger partial charge in [0.2, 0.25) is 0 Å². The van der Waals surface area contributed by atoms with Crippen LogP contribution in [0.25, 0.3) is 0 Å². The summed E-state index contributed by atoms with van der Waals surface area (Å²) in [6.07, 6.45) is 1.56. The molecule has 0 fully saturated rings. The molecule has 3 N–H and O–H groups in total. The minimum absolute atomic E-state index is 0.214. The van der Waals surface area contributed by atoms with E-state index in [9.17, 15) is 5.11 Å². The minimum atomic E-state index is -0.634. The van der Waals surface area contributed by atoms with Crippen molar-refractivity contribution >= 4 is 0 Å². The summed E-state index contributed by atoms with van der Waals surface area (Å²) in [5.74, 6) is 0. The monoisotopic (exact) mass is 175 g/mol. The van der Waals surface area contributed by atoms with Gasteiger partial charge in [0.1, 0.15) is 0 Å². The van der Waals surface area contributed by atoms with Gasteiger partial charge in [0.05, 0.1) is 11.7 Å². The molecule has 0 spiro atoms. The predicted molar refractivity (Wildman–Crippen MR) is 50.1 cm³/mol. The number of nitrogens with one attached hydrogen (secondary N) is 1. The van der Waals surface area contributed by atoms with Crippen molar-refractivity contribution in [3.63, 3.8) is 0 Å². The maximum atomic E-state index is 9.31. The predicted octanol–water partition coefficient (Wildman–Crippen LogP) is 0.508. The Kier molecular flexibility index (Phi) is 5.46. The topological polar surface area (TPSA) is 52.5 Å². The van der Waals surface area contributed by atoms with Crippen molar-refractivity contribution in [2.45, 2.75) is 45.3 Å². The molecule has 0 aromatic heterocycles. The van der Waals surface area contributed by atoms with E-state index in [1.807, 2.05) is 0 Å². The molecule has 0 aliphatic carbocycles. The van der Waals surface area contributed by atoms with Crippen LogP contribution in [0, 0.1) is 0 Å². The van der Waals surface area contributed by atoms with Gasteiger partial charge in [0.25, 0.3) is 0 Å². The van der Waals surface area contributed by atoms with Crippen molar-refractivity contribution in [2.24, 2.45) is 0 Å². The smallest absolute Gasteiger partial charge is 0.0715 e. The van der Waals surface area contributed by atoms with Crippen molar-refractivity contribution in [2.75, 3.05) is 13.1 Å². The summed E-state index contributed by atoms with van der Waals surface area (Å²) in [5.41, 5.74) is -0.634. The summed E-state index contributed by atoms with van der Waals surface area (Å²) >= 11 is 0. The van der Waals surface area contributed by atoms with Gasteiger partial charge in [0, 0.05) is 6.54 Å². The third kappa shape index (κ3) is 9.88. The van der Waals surface area contributed by atoms with Crippen LogP contribution in [-0.4, -0.2) is 35.0 Å². The molecule has 0 heterocycles. The number of hydrogen-bond donors (Lipinski definition) is 3. The number of aliphatic hydroxyl groups is 2. The normalized spacial score (nSPS) is 14.8. The lowest BCUT2D eigenvalue weighted by atomic mass is 10.1. The maximum absolute atomic E-state index is 9.31. The molecular formula is C9H21NO2. The van der Waals surface area contributed by atoms with Crippen LogP contribution in [-0.2, 0) is 0 Å².